The molecule has 0 aliphatic carbocycles. The molecule has 5 heterocycles. The van der Waals surface area contributed by atoms with Crippen LogP contribution in [0.2, 0.25) is 0 Å². The van der Waals surface area contributed by atoms with E-state index in [-0.39, 0.29) is 5.92 Å². The number of oxazole rings is 1. The van der Waals surface area contributed by atoms with E-state index in [0.29, 0.717) is 12.3 Å². The molecule has 6 rings (SSSR count). The molecule has 5 aromatic rings. The average molecular weight is 453 g/mol. The highest BCUT2D eigenvalue weighted by Gasteiger charge is 2.40. The second-order valence-electron chi connectivity index (χ2n) is 8.31. The molecule has 0 saturated carbocycles. The fourth-order valence-electron chi connectivity index (χ4n) is 4.53. The van der Waals surface area contributed by atoms with Gasteiger partial charge in [0.05, 0.1) is 5.69 Å². The summed E-state index contributed by atoms with van der Waals surface area (Å²) in [6.45, 7) is 0.627. The van der Waals surface area contributed by atoms with Crippen LogP contribution in [0.3, 0.4) is 0 Å². The van der Waals surface area contributed by atoms with Crippen LogP contribution in [0, 0.1) is 0 Å². The van der Waals surface area contributed by atoms with E-state index in [4.69, 9.17) is 13.8 Å². The lowest BCUT2D eigenvalue weighted by molar-refractivity contribution is -0.714. The Hall–Kier alpha value is -4.46. The maximum atomic E-state index is 5.41. The molecule has 8 nitrogen and oxygen atoms in total. The van der Waals surface area contributed by atoms with E-state index in [9.17, 15) is 0 Å². The zero-order chi connectivity index (χ0) is 23.1. The van der Waals surface area contributed by atoms with E-state index in [1.54, 1.807) is 6.26 Å². The van der Waals surface area contributed by atoms with E-state index in [1.807, 2.05) is 43.7 Å². The first-order valence-electron chi connectivity index (χ1n) is 11.1. The molecule has 1 N–H and O–H groups in total. The number of imidazole rings is 1. The predicted molar refractivity (Wildman–Crippen MR) is 129 cm³/mol. The van der Waals surface area contributed by atoms with Crippen molar-refractivity contribution >= 4 is 40.9 Å². The van der Waals surface area contributed by atoms with Crippen LogP contribution in [0.15, 0.2) is 82.4 Å². The van der Waals surface area contributed by atoms with Gasteiger partial charge in [-0.3, -0.25) is 4.98 Å². The molecule has 0 radical (unpaired) electrons. The van der Waals surface area contributed by atoms with Crippen molar-refractivity contribution in [3.63, 3.8) is 0 Å². The van der Waals surface area contributed by atoms with Crippen molar-refractivity contribution in [1.82, 2.24) is 15.0 Å². The number of hydrogen-bond acceptors (Lipinski definition) is 5. The van der Waals surface area contributed by atoms with Gasteiger partial charge in [-0.25, -0.2) is 9.97 Å². The van der Waals surface area contributed by atoms with Crippen LogP contribution in [-0.2, 0) is 7.05 Å². The number of para-hydroxylation sites is 1. The largest absolute Gasteiger partial charge is 0.465 e. The van der Waals surface area contributed by atoms with Gasteiger partial charge in [0.25, 0.3) is 0 Å². The highest BCUT2D eigenvalue weighted by Crippen LogP contribution is 2.32. The monoisotopic (exact) mass is 452 g/mol. The number of fused-ring (bicyclic) bond motifs is 2. The summed E-state index contributed by atoms with van der Waals surface area (Å²) in [5, 5.41) is 0. The minimum Gasteiger partial charge on any atom is -0.432 e. The van der Waals surface area contributed by atoms with Crippen molar-refractivity contribution in [2.45, 2.75) is 5.92 Å². The number of nitrogens with one attached hydrogen (secondary N) is 1. The molecule has 1 aliphatic rings. The summed E-state index contributed by atoms with van der Waals surface area (Å²) in [6, 6.07) is 16.5. The molecule has 0 bridgehead atoms. The average Bonchev–Trinajstić information content (AvgIpc) is 3.63. The minimum absolute atomic E-state index is 0.0701. The number of aryl methyl sites for hydroxylation is 1. The number of hydrogen-bond donors (Lipinski definition) is 1. The first kappa shape index (κ1) is 20.2. The highest BCUT2D eigenvalue weighted by molar-refractivity contribution is 5.79. The minimum atomic E-state index is 0.0701. The second-order valence-corrected chi connectivity index (χ2v) is 8.31. The van der Waals surface area contributed by atoms with Gasteiger partial charge in [0.1, 0.15) is 32.1 Å². The first-order chi connectivity index (χ1) is 16.7. The van der Waals surface area contributed by atoms with Gasteiger partial charge < -0.3 is 13.7 Å². The van der Waals surface area contributed by atoms with Gasteiger partial charge in [0, 0.05) is 17.8 Å². The topological polar surface area (TPSA) is 78.0 Å². The first-order valence-corrected chi connectivity index (χ1v) is 11.1. The molecule has 8 heteroatoms. The molecule has 0 spiro atoms. The lowest BCUT2D eigenvalue weighted by atomic mass is 10.0. The van der Waals surface area contributed by atoms with Crippen molar-refractivity contribution in [1.29, 1.82) is 0 Å². The summed E-state index contributed by atoms with van der Waals surface area (Å²) < 4.78 is 14.9. The predicted octanol–water partition coefficient (Wildman–Crippen LogP) is 4.31. The number of H-pyrrole nitrogens is 1. The van der Waals surface area contributed by atoms with E-state index in [2.05, 4.69) is 67.6 Å². The van der Waals surface area contributed by atoms with Crippen molar-refractivity contribution < 1.29 is 18.0 Å². The number of rotatable bonds is 6. The lowest BCUT2D eigenvalue weighted by Crippen LogP contribution is -2.28. The number of aromatic amines is 1. The van der Waals surface area contributed by atoms with Gasteiger partial charge in [-0.05, 0) is 24.3 Å². The van der Waals surface area contributed by atoms with Crippen LogP contribution in [0.25, 0.3) is 17.4 Å². The van der Waals surface area contributed by atoms with Gasteiger partial charge >= 0.3 is 11.6 Å². The van der Waals surface area contributed by atoms with E-state index >= 15 is 0 Å². The molecular weight excluding hydrogens is 428 g/mol. The Morgan fingerprint density at radius 2 is 1.97 bits per heavy atom. The molecule has 1 aromatic carbocycles. The van der Waals surface area contributed by atoms with Gasteiger partial charge in [-0.1, -0.05) is 36.4 Å². The molecule has 1 unspecified atom stereocenters. The third-order valence-electron chi connectivity index (χ3n) is 6.11. The number of nitrogens with zero attached hydrogens (tertiary/aromatic N) is 5. The number of furan rings is 1. The summed E-state index contributed by atoms with van der Waals surface area (Å²) in [5.41, 5.74) is 4.81. The number of benzene rings is 1. The summed E-state index contributed by atoms with van der Waals surface area (Å²) in [4.78, 5) is 14.9. The summed E-state index contributed by atoms with van der Waals surface area (Å²) >= 11 is 0. The van der Waals surface area contributed by atoms with Crippen LogP contribution in [0.5, 0.6) is 0 Å². The zero-order valence-corrected chi connectivity index (χ0v) is 18.9. The summed E-state index contributed by atoms with van der Waals surface area (Å²) in [7, 11) is 4.11. The van der Waals surface area contributed by atoms with Crippen molar-refractivity contribution in [3.05, 3.63) is 90.5 Å². The maximum Gasteiger partial charge on any atom is 0.465 e. The molecule has 168 valence electrons. The fraction of sp³-hybridized carbons (Fsp3) is 0.154. The Morgan fingerprint density at radius 1 is 1.09 bits per heavy atom. The molecule has 1 atom stereocenters. The smallest absolute Gasteiger partial charge is 0.432 e. The number of aromatic nitrogens is 4. The van der Waals surface area contributed by atoms with Gasteiger partial charge in [-0.15, -0.1) is 9.14 Å². The third kappa shape index (κ3) is 3.40. The molecule has 0 fully saturated rings. The summed E-state index contributed by atoms with van der Waals surface area (Å²) in [6.07, 6.45) is 11.3. The van der Waals surface area contributed by atoms with Crippen molar-refractivity contribution in [2.75, 3.05) is 18.5 Å². The highest BCUT2D eigenvalue weighted by atomic mass is 16.5. The van der Waals surface area contributed by atoms with Crippen LogP contribution in [-0.4, -0.2) is 39.3 Å². The van der Waals surface area contributed by atoms with Crippen LogP contribution in [0.4, 0.5) is 17.3 Å². The van der Waals surface area contributed by atoms with Gasteiger partial charge in [0.2, 0.25) is 6.33 Å². The maximum absolute atomic E-state index is 5.41. The molecule has 34 heavy (non-hydrogen) atoms. The van der Waals surface area contributed by atoms with E-state index in [1.165, 1.54) is 6.39 Å². The second kappa shape index (κ2) is 8.15. The number of pyridine rings is 1. The Morgan fingerprint density at radius 3 is 2.85 bits per heavy atom. The molecule has 1 aliphatic heterocycles. The quantitative estimate of drug-likeness (QED) is 0.389. The SMILES string of the molecule is C[N+]1=CC(c2cccc(N(CC=Cc3coc4ocnc34)c3ccccc3)n2)c2[nH]c[n+](C)c21. The van der Waals surface area contributed by atoms with Gasteiger partial charge in [-0.2, -0.15) is 0 Å². The van der Waals surface area contributed by atoms with Crippen LogP contribution >= 0.6 is 0 Å². The van der Waals surface area contributed by atoms with Crippen LogP contribution < -0.4 is 9.47 Å². The zero-order valence-electron chi connectivity index (χ0n) is 18.9. The summed E-state index contributed by atoms with van der Waals surface area (Å²) in [5.74, 6) is 2.54. The van der Waals surface area contributed by atoms with Crippen molar-refractivity contribution in [3.8, 4) is 0 Å². The lowest BCUT2D eigenvalue weighted by Gasteiger charge is -2.23. The van der Waals surface area contributed by atoms with E-state index in [0.717, 1.165) is 39.8 Å². The van der Waals surface area contributed by atoms with Crippen LogP contribution in [0.1, 0.15) is 22.9 Å². The Balaban J connectivity index is 1.34. The molecule has 0 saturated heterocycles. The van der Waals surface area contributed by atoms with Crippen molar-refractivity contribution in [2.24, 2.45) is 7.05 Å². The van der Waals surface area contributed by atoms with E-state index < -0.39 is 0 Å². The standard InChI is InChI=1S/C26H23N6O2/c1-30-14-20(24-25(30)31(2)16-27-24)21-11-6-12-22(29-21)32(19-9-4-3-5-10-19)13-7-8-18-15-33-26-23(18)28-17-34-26/h3-12,14-17,20H,13H2,1-2H3/q+1/p+1. The molecular formula is C26H24N6O2+2. The fourth-order valence-corrected chi connectivity index (χ4v) is 4.53. The molecule has 4 aromatic heterocycles. The Labute approximate surface area is 196 Å². The molecule has 0 amide bonds. The third-order valence-corrected chi connectivity index (χ3v) is 6.11. The van der Waals surface area contributed by atoms with Gasteiger partial charge in [0.15, 0.2) is 23.8 Å². The Bertz CT molecular complexity index is 1530. The normalized spacial score (nSPS) is 15.2. The number of anilines is 2. The Kier molecular flexibility index (Phi) is 4.83.